The molecule has 0 radical (unpaired) electrons. The molecule has 0 bridgehead atoms. The fraction of sp³-hybridized carbons (Fsp3) is 0.429. The van der Waals surface area contributed by atoms with Gasteiger partial charge in [-0.15, -0.1) is 0 Å². The molecule has 62 valence electrons. The van der Waals surface area contributed by atoms with Crippen molar-refractivity contribution >= 4 is 27.3 Å². The van der Waals surface area contributed by atoms with E-state index in [2.05, 4.69) is 15.9 Å². The van der Waals surface area contributed by atoms with Gasteiger partial charge in [0.15, 0.2) is 0 Å². The minimum atomic E-state index is -0.916. The van der Waals surface area contributed by atoms with Gasteiger partial charge in [-0.1, -0.05) is 0 Å². The van der Waals surface area contributed by atoms with Gasteiger partial charge >= 0.3 is 0 Å². The molecule has 1 rings (SSSR count). The van der Waals surface area contributed by atoms with Crippen LogP contribution in [0.2, 0.25) is 0 Å². The summed E-state index contributed by atoms with van der Waals surface area (Å²) >= 11 is 4.76. The Balaban J connectivity index is 2.67. The number of hydrogen-bond donors (Lipinski definition) is 1. The third kappa shape index (κ3) is 2.25. The van der Waals surface area contributed by atoms with E-state index in [1.54, 1.807) is 0 Å². The second-order valence-electron chi connectivity index (χ2n) is 2.22. The van der Waals surface area contributed by atoms with E-state index in [9.17, 15) is 4.39 Å². The van der Waals surface area contributed by atoms with Gasteiger partial charge in [0.25, 0.3) is 0 Å². The second kappa shape index (κ2) is 4.18. The molecule has 11 heavy (non-hydrogen) atoms. The van der Waals surface area contributed by atoms with Gasteiger partial charge in [-0.05, 0) is 34.3 Å². The highest BCUT2D eigenvalue weighted by Gasteiger charge is 2.12. The van der Waals surface area contributed by atoms with E-state index < -0.39 is 6.17 Å². The quantitative estimate of drug-likeness (QED) is 0.860. The van der Waals surface area contributed by atoms with E-state index in [1.807, 2.05) is 10.8 Å². The van der Waals surface area contributed by atoms with Crippen molar-refractivity contribution in [3.63, 3.8) is 0 Å². The summed E-state index contributed by atoms with van der Waals surface area (Å²) in [6, 6.07) is 0. The van der Waals surface area contributed by atoms with Crippen molar-refractivity contribution in [1.82, 2.24) is 0 Å². The molecule has 2 N–H and O–H groups in total. The van der Waals surface area contributed by atoms with Crippen LogP contribution in [0.25, 0.3) is 0 Å². The summed E-state index contributed by atoms with van der Waals surface area (Å²) < 4.78 is 14.0. The van der Waals surface area contributed by atoms with E-state index >= 15 is 0 Å². The maximum Gasteiger partial charge on any atom is 0.128 e. The summed E-state index contributed by atoms with van der Waals surface area (Å²) in [5, 5.41) is 3.68. The monoisotopic (exact) mass is 237 g/mol. The molecule has 1 aromatic heterocycles. The van der Waals surface area contributed by atoms with Crippen molar-refractivity contribution in [1.29, 1.82) is 0 Å². The van der Waals surface area contributed by atoms with Crippen LogP contribution in [0.4, 0.5) is 4.39 Å². The molecule has 1 aromatic rings. The predicted molar refractivity (Wildman–Crippen MR) is 49.5 cm³/mol. The van der Waals surface area contributed by atoms with Gasteiger partial charge in [0.05, 0.1) is 0 Å². The van der Waals surface area contributed by atoms with E-state index in [1.165, 1.54) is 11.3 Å². The molecular formula is C7H9BrFNS. The molecular weight excluding hydrogens is 229 g/mol. The van der Waals surface area contributed by atoms with Gasteiger partial charge in [0.1, 0.15) is 6.17 Å². The van der Waals surface area contributed by atoms with Crippen molar-refractivity contribution in [2.24, 2.45) is 5.73 Å². The van der Waals surface area contributed by atoms with Gasteiger partial charge in [0, 0.05) is 15.4 Å². The Labute approximate surface area is 77.5 Å². The highest BCUT2D eigenvalue weighted by atomic mass is 79.9. The number of hydrogen-bond acceptors (Lipinski definition) is 2. The Morgan fingerprint density at radius 2 is 2.36 bits per heavy atom. The van der Waals surface area contributed by atoms with Gasteiger partial charge in [-0.25, -0.2) is 4.39 Å². The molecule has 0 spiro atoms. The van der Waals surface area contributed by atoms with Crippen LogP contribution in [0.1, 0.15) is 18.2 Å². The summed E-state index contributed by atoms with van der Waals surface area (Å²) in [4.78, 5) is 0. The Bertz CT molecular complexity index is 226. The van der Waals surface area contributed by atoms with Crippen LogP contribution in [0, 0.1) is 0 Å². The van der Waals surface area contributed by atoms with E-state index in [0.29, 0.717) is 13.0 Å². The number of nitrogens with two attached hydrogens (primary N) is 1. The third-order valence-corrected chi connectivity index (χ3v) is 3.15. The van der Waals surface area contributed by atoms with Gasteiger partial charge in [-0.3, -0.25) is 0 Å². The fourth-order valence-electron chi connectivity index (χ4n) is 0.817. The van der Waals surface area contributed by atoms with Crippen molar-refractivity contribution in [3.8, 4) is 0 Å². The van der Waals surface area contributed by atoms with E-state index in [4.69, 9.17) is 5.73 Å². The number of halogens is 2. The molecule has 1 atom stereocenters. The minimum absolute atomic E-state index is 0.392. The summed E-state index contributed by atoms with van der Waals surface area (Å²) in [5.41, 5.74) is 5.96. The van der Waals surface area contributed by atoms with E-state index in [-0.39, 0.29) is 0 Å². The second-order valence-corrected chi connectivity index (χ2v) is 3.82. The smallest absolute Gasteiger partial charge is 0.128 e. The first-order chi connectivity index (χ1) is 5.25. The molecule has 4 heteroatoms. The Morgan fingerprint density at radius 3 is 2.82 bits per heavy atom. The first-order valence-electron chi connectivity index (χ1n) is 3.31. The molecule has 0 saturated carbocycles. The summed E-state index contributed by atoms with van der Waals surface area (Å²) in [5.74, 6) is 0. The molecule has 0 fully saturated rings. The minimum Gasteiger partial charge on any atom is -0.330 e. The van der Waals surface area contributed by atoms with Crippen molar-refractivity contribution in [3.05, 3.63) is 20.8 Å². The zero-order chi connectivity index (χ0) is 8.27. The topological polar surface area (TPSA) is 26.0 Å². The van der Waals surface area contributed by atoms with E-state index in [0.717, 1.165) is 10.0 Å². The Kier molecular flexibility index (Phi) is 3.48. The zero-order valence-electron chi connectivity index (χ0n) is 5.89. The van der Waals surface area contributed by atoms with Crippen LogP contribution in [-0.2, 0) is 0 Å². The molecule has 1 unspecified atom stereocenters. The Hall–Kier alpha value is 0.0700. The lowest BCUT2D eigenvalue weighted by Gasteiger charge is -2.03. The van der Waals surface area contributed by atoms with Gasteiger partial charge in [-0.2, -0.15) is 11.3 Å². The average molecular weight is 238 g/mol. The highest BCUT2D eigenvalue weighted by molar-refractivity contribution is 9.10. The number of alkyl halides is 1. The fourth-order valence-corrected chi connectivity index (χ4v) is 2.40. The molecule has 0 amide bonds. The average Bonchev–Trinajstić information content (AvgIpc) is 2.36. The molecule has 0 aliphatic rings. The summed E-state index contributed by atoms with van der Waals surface area (Å²) in [6.45, 7) is 0.392. The van der Waals surface area contributed by atoms with Gasteiger partial charge in [0.2, 0.25) is 0 Å². The van der Waals surface area contributed by atoms with Crippen LogP contribution in [0.3, 0.4) is 0 Å². The third-order valence-electron chi connectivity index (χ3n) is 1.40. The highest BCUT2D eigenvalue weighted by Crippen LogP contribution is 2.31. The van der Waals surface area contributed by atoms with Crippen LogP contribution in [0.15, 0.2) is 15.2 Å². The molecule has 0 aromatic carbocycles. The van der Waals surface area contributed by atoms with Gasteiger partial charge < -0.3 is 5.73 Å². The predicted octanol–water partition coefficient (Wildman–Crippen LogP) is 2.87. The van der Waals surface area contributed by atoms with Crippen molar-refractivity contribution in [2.45, 2.75) is 12.6 Å². The summed E-state index contributed by atoms with van der Waals surface area (Å²) in [7, 11) is 0. The van der Waals surface area contributed by atoms with Crippen LogP contribution < -0.4 is 5.73 Å². The lowest BCUT2D eigenvalue weighted by molar-refractivity contribution is 0.327. The number of rotatable bonds is 3. The molecule has 1 nitrogen and oxygen atoms in total. The lowest BCUT2D eigenvalue weighted by atomic mass is 10.1. The first-order valence-corrected chi connectivity index (χ1v) is 5.05. The largest absolute Gasteiger partial charge is 0.330 e. The van der Waals surface area contributed by atoms with Crippen molar-refractivity contribution < 1.29 is 4.39 Å². The molecule has 0 aliphatic heterocycles. The standard InChI is InChI=1S/C7H9BrFNS/c8-6-4-11-3-5(6)7(9)1-2-10/h3-4,7H,1-2,10H2. The summed E-state index contributed by atoms with van der Waals surface area (Å²) in [6.07, 6.45) is -0.518. The van der Waals surface area contributed by atoms with Crippen LogP contribution in [-0.4, -0.2) is 6.54 Å². The molecule has 0 aliphatic carbocycles. The SMILES string of the molecule is NCCC(F)c1cscc1Br. The molecule has 1 heterocycles. The van der Waals surface area contributed by atoms with Crippen molar-refractivity contribution in [2.75, 3.05) is 6.54 Å². The lowest BCUT2D eigenvalue weighted by Crippen LogP contribution is -2.03. The maximum absolute atomic E-state index is 13.1. The van der Waals surface area contributed by atoms with Crippen LogP contribution in [0.5, 0.6) is 0 Å². The molecule has 0 saturated heterocycles. The normalized spacial score (nSPS) is 13.4. The Morgan fingerprint density at radius 1 is 1.64 bits per heavy atom. The number of thiophene rings is 1. The zero-order valence-corrected chi connectivity index (χ0v) is 8.29. The first kappa shape index (κ1) is 9.16. The van der Waals surface area contributed by atoms with Crippen LogP contribution >= 0.6 is 27.3 Å². The maximum atomic E-state index is 13.1.